The van der Waals surface area contributed by atoms with Gasteiger partial charge in [0, 0.05) is 17.1 Å². The fraction of sp³-hybridized carbons (Fsp3) is 0.391. The third kappa shape index (κ3) is 3.03. The zero-order chi connectivity index (χ0) is 20.9. The van der Waals surface area contributed by atoms with Gasteiger partial charge in [0.15, 0.2) is 0 Å². The van der Waals surface area contributed by atoms with Crippen LogP contribution in [0.2, 0.25) is 0 Å². The van der Waals surface area contributed by atoms with E-state index in [1.807, 2.05) is 29.0 Å². The van der Waals surface area contributed by atoms with E-state index >= 15 is 0 Å². The van der Waals surface area contributed by atoms with Crippen molar-refractivity contribution in [1.82, 2.24) is 9.88 Å². The third-order valence-electron chi connectivity index (χ3n) is 6.40. The van der Waals surface area contributed by atoms with Crippen molar-refractivity contribution >= 4 is 39.1 Å². The minimum absolute atomic E-state index is 0.140. The maximum absolute atomic E-state index is 13.6. The number of nitrogens with zero attached hydrogens (tertiary/aromatic N) is 2. The molecule has 2 aromatic heterocycles. The summed E-state index contributed by atoms with van der Waals surface area (Å²) < 4.78 is 15.5. The highest BCUT2D eigenvalue weighted by Crippen LogP contribution is 2.37. The normalized spacial score (nSPS) is 22.3. The molecule has 5 nitrogen and oxygen atoms in total. The van der Waals surface area contributed by atoms with Crippen molar-refractivity contribution in [2.75, 3.05) is 4.90 Å². The lowest BCUT2D eigenvalue weighted by Crippen LogP contribution is -2.65. The second kappa shape index (κ2) is 7.23. The molecule has 1 fully saturated rings. The molecule has 1 aliphatic carbocycles. The SMILES string of the molecule is C[C@@]1(C(=O)NC2CCCCC2)Cn2c(cc3ccsc32)C(=O)N1c1ccc(F)cc1. The number of thiophene rings is 1. The number of amides is 2. The van der Waals surface area contributed by atoms with Crippen LogP contribution < -0.4 is 10.2 Å². The molecule has 5 rings (SSSR count). The van der Waals surface area contributed by atoms with Crippen molar-refractivity contribution < 1.29 is 14.0 Å². The summed E-state index contributed by atoms with van der Waals surface area (Å²) in [5.41, 5.74) is -0.0300. The number of halogens is 1. The largest absolute Gasteiger partial charge is 0.351 e. The first kappa shape index (κ1) is 19.3. The molecule has 3 heterocycles. The number of fused-ring (bicyclic) bond motifs is 3. The molecular weight excluding hydrogens is 401 g/mol. The molecule has 1 aliphatic heterocycles. The van der Waals surface area contributed by atoms with Crippen LogP contribution in [0, 0.1) is 5.82 Å². The average molecular weight is 426 g/mol. The van der Waals surface area contributed by atoms with Gasteiger partial charge in [-0.1, -0.05) is 19.3 Å². The molecule has 1 aromatic carbocycles. The van der Waals surface area contributed by atoms with Gasteiger partial charge in [0.1, 0.15) is 21.9 Å². The van der Waals surface area contributed by atoms with E-state index in [1.54, 1.807) is 28.4 Å². The summed E-state index contributed by atoms with van der Waals surface area (Å²) in [5.74, 6) is -0.769. The summed E-state index contributed by atoms with van der Waals surface area (Å²) >= 11 is 1.57. The van der Waals surface area contributed by atoms with Crippen LogP contribution in [0.25, 0.3) is 10.2 Å². The Bertz CT molecular complexity index is 1110. The van der Waals surface area contributed by atoms with Crippen LogP contribution in [0.1, 0.15) is 49.5 Å². The lowest BCUT2D eigenvalue weighted by Gasteiger charge is -2.44. The number of hydrogen-bond donors (Lipinski definition) is 1. The van der Waals surface area contributed by atoms with Gasteiger partial charge in [-0.3, -0.25) is 14.5 Å². The fourth-order valence-electron chi connectivity index (χ4n) is 4.78. The number of anilines is 1. The molecular formula is C23H24FN3O2S. The summed E-state index contributed by atoms with van der Waals surface area (Å²) in [7, 11) is 0. The first-order chi connectivity index (χ1) is 14.5. The van der Waals surface area contributed by atoms with Crippen LogP contribution in [-0.4, -0.2) is 28.0 Å². The van der Waals surface area contributed by atoms with Gasteiger partial charge in [-0.25, -0.2) is 4.39 Å². The zero-order valence-corrected chi connectivity index (χ0v) is 17.7. The molecule has 0 bridgehead atoms. The van der Waals surface area contributed by atoms with Crippen LogP contribution in [0.15, 0.2) is 41.8 Å². The highest BCUT2D eigenvalue weighted by Gasteiger charge is 2.49. The topological polar surface area (TPSA) is 54.3 Å². The van der Waals surface area contributed by atoms with Gasteiger partial charge in [-0.05, 0) is 61.5 Å². The number of rotatable bonds is 3. The summed E-state index contributed by atoms with van der Waals surface area (Å²) in [6, 6.07) is 9.80. The fourth-order valence-corrected chi connectivity index (χ4v) is 5.68. The van der Waals surface area contributed by atoms with Crippen molar-refractivity contribution in [3.05, 3.63) is 53.3 Å². The Balaban J connectivity index is 1.59. The van der Waals surface area contributed by atoms with Crippen molar-refractivity contribution in [3.63, 3.8) is 0 Å². The lowest BCUT2D eigenvalue weighted by atomic mass is 9.91. The predicted octanol–water partition coefficient (Wildman–Crippen LogP) is 4.71. The maximum atomic E-state index is 13.6. The molecule has 0 unspecified atom stereocenters. The number of carbonyl (C=O) groups excluding carboxylic acids is 2. The highest BCUT2D eigenvalue weighted by molar-refractivity contribution is 7.16. The number of nitrogens with one attached hydrogen (secondary N) is 1. The number of aromatic nitrogens is 1. The zero-order valence-electron chi connectivity index (χ0n) is 16.9. The van der Waals surface area contributed by atoms with Gasteiger partial charge >= 0.3 is 0 Å². The molecule has 1 saturated carbocycles. The van der Waals surface area contributed by atoms with E-state index in [2.05, 4.69) is 5.32 Å². The van der Waals surface area contributed by atoms with E-state index in [-0.39, 0.29) is 23.7 Å². The molecule has 156 valence electrons. The minimum Gasteiger partial charge on any atom is -0.351 e. The Morgan fingerprint density at radius 3 is 2.63 bits per heavy atom. The van der Waals surface area contributed by atoms with E-state index < -0.39 is 5.54 Å². The minimum atomic E-state index is -1.12. The predicted molar refractivity (Wildman–Crippen MR) is 116 cm³/mol. The average Bonchev–Trinajstić information content (AvgIpc) is 3.33. The van der Waals surface area contributed by atoms with Crippen molar-refractivity contribution in [3.8, 4) is 0 Å². The van der Waals surface area contributed by atoms with Gasteiger partial charge in [-0.15, -0.1) is 11.3 Å². The van der Waals surface area contributed by atoms with E-state index in [4.69, 9.17) is 0 Å². The first-order valence-electron chi connectivity index (χ1n) is 10.5. The van der Waals surface area contributed by atoms with E-state index in [9.17, 15) is 14.0 Å². The summed E-state index contributed by atoms with van der Waals surface area (Å²) in [4.78, 5) is 29.8. The van der Waals surface area contributed by atoms with Crippen molar-refractivity contribution in [1.29, 1.82) is 0 Å². The van der Waals surface area contributed by atoms with Gasteiger partial charge in [0.05, 0.1) is 6.54 Å². The van der Waals surface area contributed by atoms with Crippen LogP contribution >= 0.6 is 11.3 Å². The maximum Gasteiger partial charge on any atom is 0.275 e. The highest BCUT2D eigenvalue weighted by atomic mass is 32.1. The van der Waals surface area contributed by atoms with Crippen molar-refractivity contribution in [2.45, 2.75) is 57.2 Å². The smallest absolute Gasteiger partial charge is 0.275 e. The Labute approximate surface area is 178 Å². The third-order valence-corrected chi connectivity index (χ3v) is 7.35. The second-order valence-corrected chi connectivity index (χ2v) is 9.39. The summed E-state index contributed by atoms with van der Waals surface area (Å²) in [6.07, 6.45) is 5.36. The molecule has 0 spiro atoms. The molecule has 2 aliphatic rings. The summed E-state index contributed by atoms with van der Waals surface area (Å²) in [6.45, 7) is 2.17. The lowest BCUT2D eigenvalue weighted by molar-refractivity contribution is -0.127. The van der Waals surface area contributed by atoms with Gasteiger partial charge in [-0.2, -0.15) is 0 Å². The van der Waals surface area contributed by atoms with Crippen LogP contribution in [0.4, 0.5) is 10.1 Å². The van der Waals surface area contributed by atoms with Gasteiger partial charge < -0.3 is 9.88 Å². The Kier molecular flexibility index (Phi) is 4.65. The molecule has 1 N–H and O–H groups in total. The molecule has 7 heteroatoms. The Morgan fingerprint density at radius 1 is 1.17 bits per heavy atom. The van der Waals surface area contributed by atoms with E-state index in [1.165, 1.54) is 18.6 Å². The van der Waals surface area contributed by atoms with Crippen LogP contribution in [-0.2, 0) is 11.3 Å². The summed E-state index contributed by atoms with van der Waals surface area (Å²) in [5, 5.41) is 6.20. The number of hydrogen-bond acceptors (Lipinski definition) is 3. The standard InChI is InChI=1S/C23H24FN3O2S/c1-23(22(29)25-17-5-3-2-4-6-17)14-26-19(13-15-11-12-30-21(15)26)20(28)27(23)18-9-7-16(24)8-10-18/h7-13,17H,2-6,14H2,1H3,(H,25,29)/t23-/m0/s1. The Hall–Kier alpha value is -2.67. The van der Waals surface area contributed by atoms with Crippen LogP contribution in [0.3, 0.4) is 0 Å². The quantitative estimate of drug-likeness (QED) is 0.661. The van der Waals surface area contributed by atoms with E-state index in [0.29, 0.717) is 17.9 Å². The Morgan fingerprint density at radius 2 is 1.90 bits per heavy atom. The first-order valence-corrected chi connectivity index (χ1v) is 11.3. The molecule has 0 radical (unpaired) electrons. The second-order valence-electron chi connectivity index (χ2n) is 8.50. The molecule has 3 aromatic rings. The molecule has 30 heavy (non-hydrogen) atoms. The van der Waals surface area contributed by atoms with Gasteiger partial charge in [0.25, 0.3) is 5.91 Å². The number of carbonyl (C=O) groups is 2. The van der Waals surface area contributed by atoms with E-state index in [0.717, 1.165) is 35.9 Å². The molecule has 0 saturated heterocycles. The van der Waals surface area contributed by atoms with Gasteiger partial charge in [0.2, 0.25) is 5.91 Å². The molecule has 2 amide bonds. The molecule has 1 atom stereocenters. The van der Waals surface area contributed by atoms with Crippen molar-refractivity contribution in [2.24, 2.45) is 0 Å². The number of benzene rings is 1. The van der Waals surface area contributed by atoms with Crippen LogP contribution in [0.5, 0.6) is 0 Å². The monoisotopic (exact) mass is 425 g/mol.